The van der Waals surface area contributed by atoms with Gasteiger partial charge in [-0.05, 0) is 67.3 Å². The first kappa shape index (κ1) is 16.6. The van der Waals surface area contributed by atoms with E-state index in [0.717, 1.165) is 22.6 Å². The van der Waals surface area contributed by atoms with Crippen molar-refractivity contribution >= 4 is 30.3 Å². The standard InChI is InChI=1S/C18H14N4O2S2/c1-11-5-3-4-6-14(11)21-17(25)19-16-22(18(21)26)20-15(24-16)12-7-9-13(23-2)10-8-12/h3-10H,1-2H3. The third kappa shape index (κ3) is 2.73. The summed E-state index contributed by atoms with van der Waals surface area (Å²) in [7, 11) is 1.62. The van der Waals surface area contributed by atoms with Gasteiger partial charge in [0.2, 0.25) is 15.4 Å². The molecule has 0 saturated carbocycles. The van der Waals surface area contributed by atoms with Gasteiger partial charge in [-0.1, -0.05) is 18.2 Å². The van der Waals surface area contributed by atoms with Gasteiger partial charge in [0.25, 0.3) is 0 Å². The molecule has 0 saturated heterocycles. The number of para-hydroxylation sites is 1. The van der Waals surface area contributed by atoms with Crippen LogP contribution >= 0.6 is 24.4 Å². The normalized spacial score (nSPS) is 11.0. The quantitative estimate of drug-likeness (QED) is 0.484. The number of methoxy groups -OCH3 is 1. The minimum atomic E-state index is 0.260. The fourth-order valence-corrected chi connectivity index (χ4v) is 3.28. The number of nitrogens with zero attached hydrogens (tertiary/aromatic N) is 4. The molecule has 8 heteroatoms. The van der Waals surface area contributed by atoms with Crippen LogP contribution < -0.4 is 4.74 Å². The summed E-state index contributed by atoms with van der Waals surface area (Å²) < 4.78 is 14.9. The monoisotopic (exact) mass is 382 g/mol. The van der Waals surface area contributed by atoms with E-state index >= 15 is 0 Å². The van der Waals surface area contributed by atoms with Gasteiger partial charge in [0.15, 0.2) is 0 Å². The zero-order valence-electron chi connectivity index (χ0n) is 14.0. The van der Waals surface area contributed by atoms with Gasteiger partial charge in [0.05, 0.1) is 12.8 Å². The lowest BCUT2D eigenvalue weighted by molar-refractivity contribution is 0.415. The van der Waals surface area contributed by atoms with E-state index in [9.17, 15) is 0 Å². The highest BCUT2D eigenvalue weighted by molar-refractivity contribution is 7.72. The number of aryl methyl sites for hydroxylation is 1. The van der Waals surface area contributed by atoms with E-state index in [1.54, 1.807) is 11.7 Å². The first-order valence-electron chi connectivity index (χ1n) is 7.82. The minimum Gasteiger partial charge on any atom is -0.497 e. The molecule has 2 aromatic carbocycles. The van der Waals surface area contributed by atoms with E-state index < -0.39 is 0 Å². The van der Waals surface area contributed by atoms with Gasteiger partial charge in [-0.15, -0.1) is 5.10 Å². The maximum atomic E-state index is 5.76. The van der Waals surface area contributed by atoms with E-state index in [-0.39, 0.29) is 5.84 Å². The van der Waals surface area contributed by atoms with Crippen LogP contribution in [0.25, 0.3) is 23.0 Å². The molecule has 0 bridgehead atoms. The fourth-order valence-electron chi connectivity index (χ4n) is 2.66. The average Bonchev–Trinajstić information content (AvgIpc) is 3.07. The van der Waals surface area contributed by atoms with E-state index in [1.807, 2.05) is 55.5 Å². The molecule has 0 spiro atoms. The number of ether oxygens (including phenoxy) is 1. The van der Waals surface area contributed by atoms with Gasteiger partial charge in [0.1, 0.15) is 5.75 Å². The van der Waals surface area contributed by atoms with Crippen LogP contribution in [0.5, 0.6) is 5.75 Å². The highest BCUT2D eigenvalue weighted by Gasteiger charge is 2.14. The Morgan fingerprint density at radius 1 is 1.04 bits per heavy atom. The molecule has 26 heavy (non-hydrogen) atoms. The van der Waals surface area contributed by atoms with Crippen molar-refractivity contribution in [2.24, 2.45) is 0 Å². The topological polar surface area (TPSA) is 57.5 Å². The Balaban J connectivity index is 1.92. The summed E-state index contributed by atoms with van der Waals surface area (Å²) in [5, 5.41) is 4.47. The van der Waals surface area contributed by atoms with Gasteiger partial charge in [0, 0.05) is 5.56 Å². The first-order chi connectivity index (χ1) is 12.6. The largest absolute Gasteiger partial charge is 0.497 e. The summed E-state index contributed by atoms with van der Waals surface area (Å²) >= 11 is 11.0. The van der Waals surface area contributed by atoms with Crippen molar-refractivity contribution in [3.05, 3.63) is 63.6 Å². The van der Waals surface area contributed by atoms with E-state index in [0.29, 0.717) is 15.4 Å². The van der Waals surface area contributed by atoms with Gasteiger partial charge >= 0.3 is 5.84 Å². The van der Waals surface area contributed by atoms with Gasteiger partial charge in [-0.25, -0.2) is 0 Å². The van der Waals surface area contributed by atoms with Crippen LogP contribution in [-0.4, -0.2) is 26.3 Å². The predicted octanol–water partition coefficient (Wildman–Crippen LogP) is 4.56. The second kappa shape index (κ2) is 6.47. The van der Waals surface area contributed by atoms with E-state index in [1.165, 1.54) is 4.52 Å². The van der Waals surface area contributed by atoms with Gasteiger partial charge in [-0.2, -0.15) is 9.50 Å². The van der Waals surface area contributed by atoms with Crippen LogP contribution in [0.3, 0.4) is 0 Å². The SMILES string of the molecule is COc1ccc(-c2nn3c(=S)n(-c4ccccc4C)c(=S)nc3o2)cc1. The van der Waals surface area contributed by atoms with Crippen LogP contribution in [0.15, 0.2) is 52.9 Å². The molecule has 0 radical (unpaired) electrons. The van der Waals surface area contributed by atoms with Crippen molar-refractivity contribution in [3.8, 4) is 22.9 Å². The van der Waals surface area contributed by atoms with Gasteiger partial charge in [-0.3, -0.25) is 4.57 Å². The molecule has 0 aliphatic carbocycles. The van der Waals surface area contributed by atoms with Crippen LogP contribution in [0, 0.1) is 16.5 Å². The highest BCUT2D eigenvalue weighted by Crippen LogP contribution is 2.23. The maximum absolute atomic E-state index is 5.76. The fraction of sp³-hybridized carbons (Fsp3) is 0.111. The molecule has 0 aliphatic rings. The molecule has 130 valence electrons. The molecule has 0 fully saturated rings. The lowest BCUT2D eigenvalue weighted by Crippen LogP contribution is -2.08. The Kier molecular flexibility index (Phi) is 4.14. The summed E-state index contributed by atoms with van der Waals surface area (Å²) in [5.41, 5.74) is 2.70. The number of aromatic nitrogens is 4. The molecule has 2 heterocycles. The zero-order chi connectivity index (χ0) is 18.3. The minimum absolute atomic E-state index is 0.260. The summed E-state index contributed by atoms with van der Waals surface area (Å²) in [6.45, 7) is 1.99. The highest BCUT2D eigenvalue weighted by atomic mass is 32.1. The van der Waals surface area contributed by atoms with Crippen LogP contribution in [0.4, 0.5) is 0 Å². The van der Waals surface area contributed by atoms with Crippen LogP contribution in [-0.2, 0) is 0 Å². The van der Waals surface area contributed by atoms with Crippen molar-refractivity contribution in [2.45, 2.75) is 6.92 Å². The second-order valence-electron chi connectivity index (χ2n) is 5.63. The first-order valence-corrected chi connectivity index (χ1v) is 8.63. The number of hydrogen-bond acceptors (Lipinski definition) is 6. The van der Waals surface area contributed by atoms with Crippen molar-refractivity contribution < 1.29 is 9.15 Å². The lowest BCUT2D eigenvalue weighted by Gasteiger charge is -2.09. The average molecular weight is 382 g/mol. The van der Waals surface area contributed by atoms with Crippen molar-refractivity contribution in [2.75, 3.05) is 7.11 Å². The lowest BCUT2D eigenvalue weighted by atomic mass is 10.2. The molecular weight excluding hydrogens is 368 g/mol. The van der Waals surface area contributed by atoms with Gasteiger partial charge < -0.3 is 9.15 Å². The third-order valence-electron chi connectivity index (χ3n) is 4.01. The maximum Gasteiger partial charge on any atom is 0.330 e. The number of fused-ring (bicyclic) bond motifs is 1. The molecule has 0 unspecified atom stereocenters. The smallest absolute Gasteiger partial charge is 0.330 e. The predicted molar refractivity (Wildman–Crippen MR) is 103 cm³/mol. The molecular formula is C18H14N4O2S2. The third-order valence-corrected chi connectivity index (χ3v) is 4.64. The number of rotatable bonds is 3. The Morgan fingerprint density at radius 2 is 1.77 bits per heavy atom. The second-order valence-corrected chi connectivity index (χ2v) is 6.36. The summed E-state index contributed by atoms with van der Waals surface area (Å²) in [6, 6.07) is 15.2. The van der Waals surface area contributed by atoms with E-state index in [4.69, 9.17) is 33.6 Å². The Hall–Kier alpha value is -2.84. The van der Waals surface area contributed by atoms with Crippen molar-refractivity contribution in [1.29, 1.82) is 0 Å². The molecule has 0 atom stereocenters. The van der Waals surface area contributed by atoms with Crippen molar-refractivity contribution in [1.82, 2.24) is 19.2 Å². The summed E-state index contributed by atoms with van der Waals surface area (Å²) in [6.07, 6.45) is 0. The Labute approximate surface area is 159 Å². The molecule has 0 aliphatic heterocycles. The Morgan fingerprint density at radius 3 is 2.46 bits per heavy atom. The molecule has 4 rings (SSSR count). The summed E-state index contributed by atoms with van der Waals surface area (Å²) in [5.74, 6) is 1.42. The Bertz CT molecular complexity index is 1220. The van der Waals surface area contributed by atoms with Crippen molar-refractivity contribution in [3.63, 3.8) is 0 Å². The number of hydrogen-bond donors (Lipinski definition) is 0. The van der Waals surface area contributed by atoms with E-state index in [2.05, 4.69) is 10.1 Å². The molecule has 0 N–H and O–H groups in total. The zero-order valence-corrected chi connectivity index (χ0v) is 15.7. The molecule has 0 amide bonds. The van der Waals surface area contributed by atoms with Crippen LogP contribution in [0.1, 0.15) is 5.56 Å². The molecule has 4 aromatic rings. The number of benzene rings is 2. The molecule has 6 nitrogen and oxygen atoms in total. The summed E-state index contributed by atoms with van der Waals surface area (Å²) in [4.78, 5) is 4.35. The molecule has 2 aromatic heterocycles. The van der Waals surface area contributed by atoms with Crippen LogP contribution in [0.2, 0.25) is 0 Å².